The fraction of sp³-hybridized carbons (Fsp3) is 0.647. The van der Waals surface area contributed by atoms with E-state index in [9.17, 15) is 0 Å². The minimum Gasteiger partial charge on any atom is -0.369 e. The molecule has 0 aliphatic carbocycles. The number of hydrogen-bond donors (Lipinski definition) is 1. The van der Waals surface area contributed by atoms with E-state index in [2.05, 4.69) is 69.1 Å². The van der Waals surface area contributed by atoms with Gasteiger partial charge < -0.3 is 10.2 Å². The molecule has 1 aromatic rings. The average molecular weight is 260 g/mol. The van der Waals surface area contributed by atoms with Crippen LogP contribution in [0.25, 0.3) is 0 Å². The van der Waals surface area contributed by atoms with Crippen molar-refractivity contribution in [3.63, 3.8) is 0 Å². The summed E-state index contributed by atoms with van der Waals surface area (Å²) in [5.74, 6) is 0.817. The van der Waals surface area contributed by atoms with Crippen LogP contribution in [-0.2, 0) is 6.54 Å². The minimum atomic E-state index is 0.178. The van der Waals surface area contributed by atoms with Gasteiger partial charge in [-0.3, -0.25) is 0 Å². The van der Waals surface area contributed by atoms with Gasteiger partial charge in [0.2, 0.25) is 0 Å². The molecule has 1 saturated heterocycles. The van der Waals surface area contributed by atoms with Crippen molar-refractivity contribution in [3.8, 4) is 0 Å². The molecule has 2 heteroatoms. The van der Waals surface area contributed by atoms with E-state index in [0.717, 1.165) is 12.5 Å². The Balaban J connectivity index is 1.99. The summed E-state index contributed by atoms with van der Waals surface area (Å²) >= 11 is 0. The lowest BCUT2D eigenvalue weighted by Crippen LogP contribution is -2.35. The maximum Gasteiger partial charge on any atom is 0.0368 e. The molecule has 1 aliphatic heterocycles. The van der Waals surface area contributed by atoms with Gasteiger partial charge in [0.05, 0.1) is 0 Å². The summed E-state index contributed by atoms with van der Waals surface area (Å²) < 4.78 is 0. The van der Waals surface area contributed by atoms with Crippen LogP contribution in [0.3, 0.4) is 0 Å². The van der Waals surface area contributed by atoms with Gasteiger partial charge in [-0.25, -0.2) is 0 Å². The molecule has 0 aromatic heterocycles. The zero-order valence-electron chi connectivity index (χ0n) is 13.0. The van der Waals surface area contributed by atoms with Gasteiger partial charge in [-0.15, -0.1) is 0 Å². The second kappa shape index (κ2) is 5.54. The van der Waals surface area contributed by atoms with E-state index in [0.29, 0.717) is 6.04 Å². The molecule has 1 fully saturated rings. The molecule has 1 aliphatic rings. The maximum absolute atomic E-state index is 3.53. The smallest absolute Gasteiger partial charge is 0.0368 e. The molecule has 19 heavy (non-hydrogen) atoms. The van der Waals surface area contributed by atoms with Crippen molar-refractivity contribution in [2.45, 2.75) is 59.2 Å². The summed E-state index contributed by atoms with van der Waals surface area (Å²) in [7, 11) is 0. The summed E-state index contributed by atoms with van der Waals surface area (Å²) in [5.41, 5.74) is 2.91. The van der Waals surface area contributed by atoms with Gasteiger partial charge in [-0.05, 0) is 57.7 Å². The molecule has 2 nitrogen and oxygen atoms in total. The molecule has 0 amide bonds. The number of benzene rings is 1. The summed E-state index contributed by atoms with van der Waals surface area (Å²) in [5, 5.41) is 3.53. The molecule has 2 rings (SSSR count). The fourth-order valence-electron chi connectivity index (χ4n) is 2.83. The molecule has 0 spiro atoms. The quantitative estimate of drug-likeness (QED) is 0.889. The van der Waals surface area contributed by atoms with Crippen molar-refractivity contribution in [2.24, 2.45) is 5.92 Å². The molecule has 1 N–H and O–H groups in total. The molecule has 0 saturated carbocycles. The Morgan fingerprint density at radius 2 is 1.79 bits per heavy atom. The number of nitrogens with one attached hydrogen (secondary N) is 1. The van der Waals surface area contributed by atoms with E-state index in [1.54, 1.807) is 0 Å². The van der Waals surface area contributed by atoms with E-state index in [1.165, 1.54) is 24.2 Å². The highest BCUT2D eigenvalue weighted by Crippen LogP contribution is 2.28. The van der Waals surface area contributed by atoms with Crippen molar-refractivity contribution < 1.29 is 0 Å². The Morgan fingerprint density at radius 3 is 2.26 bits per heavy atom. The van der Waals surface area contributed by atoms with Gasteiger partial charge in [0.1, 0.15) is 0 Å². The lowest BCUT2D eigenvalue weighted by molar-refractivity contribution is 0.424. The average Bonchev–Trinajstić information content (AvgIpc) is 2.66. The maximum atomic E-state index is 3.53. The molecule has 106 valence electrons. The molecule has 0 bridgehead atoms. The second-order valence-electron chi connectivity index (χ2n) is 7.11. The molecular formula is C17H28N2. The van der Waals surface area contributed by atoms with Gasteiger partial charge in [0, 0.05) is 30.4 Å². The third kappa shape index (κ3) is 3.97. The number of rotatable bonds is 3. The van der Waals surface area contributed by atoms with Crippen LogP contribution in [0.1, 0.15) is 46.6 Å². The number of anilines is 1. The van der Waals surface area contributed by atoms with E-state index in [4.69, 9.17) is 0 Å². The van der Waals surface area contributed by atoms with E-state index >= 15 is 0 Å². The Bertz CT molecular complexity index is 402. The zero-order chi connectivity index (χ0) is 14.0. The van der Waals surface area contributed by atoms with Crippen LogP contribution in [0, 0.1) is 5.92 Å². The second-order valence-corrected chi connectivity index (χ2v) is 7.11. The van der Waals surface area contributed by atoms with Crippen LogP contribution < -0.4 is 10.2 Å². The monoisotopic (exact) mass is 260 g/mol. The highest BCUT2D eigenvalue weighted by molar-refractivity contribution is 5.49. The predicted molar refractivity (Wildman–Crippen MR) is 83.6 cm³/mol. The molecule has 2 unspecified atom stereocenters. The molecular weight excluding hydrogens is 232 g/mol. The molecule has 0 radical (unpaired) electrons. The molecule has 1 aromatic carbocycles. The SMILES string of the molecule is CC1CC(C)N(c2ccc(CNC(C)(C)C)cc2)C1. The first-order chi connectivity index (χ1) is 8.85. The van der Waals surface area contributed by atoms with Gasteiger partial charge in [0.25, 0.3) is 0 Å². The lowest BCUT2D eigenvalue weighted by atomic mass is 10.1. The third-order valence-electron chi connectivity index (χ3n) is 3.87. The highest BCUT2D eigenvalue weighted by atomic mass is 15.2. The van der Waals surface area contributed by atoms with Gasteiger partial charge >= 0.3 is 0 Å². The number of nitrogens with zero attached hydrogens (tertiary/aromatic N) is 1. The van der Waals surface area contributed by atoms with Crippen LogP contribution in [0.15, 0.2) is 24.3 Å². The van der Waals surface area contributed by atoms with Crippen LogP contribution in [0.5, 0.6) is 0 Å². The first kappa shape index (κ1) is 14.4. The number of hydrogen-bond acceptors (Lipinski definition) is 2. The van der Waals surface area contributed by atoms with E-state index < -0.39 is 0 Å². The Morgan fingerprint density at radius 1 is 1.16 bits per heavy atom. The van der Waals surface area contributed by atoms with Crippen LogP contribution in [0.2, 0.25) is 0 Å². The predicted octanol–water partition coefficient (Wildman–Crippen LogP) is 3.81. The topological polar surface area (TPSA) is 15.3 Å². The van der Waals surface area contributed by atoms with Gasteiger partial charge in [-0.1, -0.05) is 19.1 Å². The Hall–Kier alpha value is -1.02. The third-order valence-corrected chi connectivity index (χ3v) is 3.87. The first-order valence-electron chi connectivity index (χ1n) is 7.46. The van der Waals surface area contributed by atoms with Crippen molar-refractivity contribution in [1.29, 1.82) is 0 Å². The van der Waals surface area contributed by atoms with Gasteiger partial charge in [0.15, 0.2) is 0 Å². The van der Waals surface area contributed by atoms with Crippen LogP contribution in [0.4, 0.5) is 5.69 Å². The lowest BCUT2D eigenvalue weighted by Gasteiger charge is -2.24. The summed E-state index contributed by atoms with van der Waals surface area (Å²) in [4.78, 5) is 2.53. The fourth-order valence-corrected chi connectivity index (χ4v) is 2.83. The van der Waals surface area contributed by atoms with Crippen LogP contribution in [-0.4, -0.2) is 18.1 Å². The first-order valence-corrected chi connectivity index (χ1v) is 7.46. The van der Waals surface area contributed by atoms with Crippen molar-refractivity contribution >= 4 is 5.69 Å². The standard InChI is InChI=1S/C17H28N2/c1-13-10-14(2)19(12-13)16-8-6-15(7-9-16)11-18-17(3,4)5/h6-9,13-14,18H,10-12H2,1-5H3. The van der Waals surface area contributed by atoms with E-state index in [1.807, 2.05) is 0 Å². The van der Waals surface area contributed by atoms with Crippen molar-refractivity contribution in [3.05, 3.63) is 29.8 Å². The largest absolute Gasteiger partial charge is 0.369 e. The summed E-state index contributed by atoms with van der Waals surface area (Å²) in [6.45, 7) is 13.4. The van der Waals surface area contributed by atoms with E-state index in [-0.39, 0.29) is 5.54 Å². The van der Waals surface area contributed by atoms with Crippen LogP contribution >= 0.6 is 0 Å². The summed E-state index contributed by atoms with van der Waals surface area (Å²) in [6, 6.07) is 9.73. The normalized spacial score (nSPS) is 23.9. The molecule has 1 heterocycles. The Kier molecular flexibility index (Phi) is 4.19. The zero-order valence-corrected chi connectivity index (χ0v) is 13.0. The van der Waals surface area contributed by atoms with Crippen molar-refractivity contribution in [2.75, 3.05) is 11.4 Å². The highest BCUT2D eigenvalue weighted by Gasteiger charge is 2.25. The van der Waals surface area contributed by atoms with Gasteiger partial charge in [-0.2, -0.15) is 0 Å². The minimum absolute atomic E-state index is 0.178. The molecule has 2 atom stereocenters. The Labute approximate surface area is 118 Å². The van der Waals surface area contributed by atoms with Crippen molar-refractivity contribution in [1.82, 2.24) is 5.32 Å². The summed E-state index contributed by atoms with van der Waals surface area (Å²) in [6.07, 6.45) is 1.31.